The van der Waals surface area contributed by atoms with Gasteiger partial charge in [0.25, 0.3) is 0 Å². The highest BCUT2D eigenvalue weighted by Crippen LogP contribution is 2.26. The van der Waals surface area contributed by atoms with Crippen molar-refractivity contribution < 1.29 is 18.7 Å². The van der Waals surface area contributed by atoms with Crippen LogP contribution < -0.4 is 4.74 Å². The Labute approximate surface area is 121 Å². The van der Waals surface area contributed by atoms with E-state index in [1.807, 2.05) is 19.1 Å². The number of carbonyl (C=O) groups is 1. The lowest BCUT2D eigenvalue weighted by molar-refractivity contribution is -0.143. The molecule has 0 bridgehead atoms. The molecule has 106 valence electrons. The molecular formula is C15H15FO3S. The fraction of sp³-hybridized carbons (Fsp3) is 0.267. The summed E-state index contributed by atoms with van der Waals surface area (Å²) in [5.74, 6) is -0.609. The summed E-state index contributed by atoms with van der Waals surface area (Å²) in [4.78, 5) is 13.9. The highest BCUT2D eigenvalue weighted by molar-refractivity contribution is 7.12. The maximum absolute atomic E-state index is 12.8. The van der Waals surface area contributed by atoms with Crippen LogP contribution in [0.25, 0.3) is 0 Å². The number of benzene rings is 1. The highest BCUT2D eigenvalue weighted by Gasteiger charge is 2.24. The topological polar surface area (TPSA) is 35.5 Å². The van der Waals surface area contributed by atoms with Crippen LogP contribution in [0.3, 0.4) is 0 Å². The van der Waals surface area contributed by atoms with Crippen LogP contribution in [0, 0.1) is 12.7 Å². The first-order valence-electron chi connectivity index (χ1n) is 6.12. The van der Waals surface area contributed by atoms with Gasteiger partial charge in [-0.1, -0.05) is 0 Å². The van der Waals surface area contributed by atoms with Crippen LogP contribution >= 0.6 is 11.3 Å². The van der Waals surface area contributed by atoms with Crippen molar-refractivity contribution in [1.82, 2.24) is 0 Å². The average molecular weight is 294 g/mol. The van der Waals surface area contributed by atoms with Gasteiger partial charge in [-0.15, -0.1) is 11.3 Å². The maximum Gasteiger partial charge on any atom is 0.317 e. The summed E-state index contributed by atoms with van der Waals surface area (Å²) < 4.78 is 23.2. The minimum Gasteiger partial charge on any atom is -0.492 e. The van der Waals surface area contributed by atoms with E-state index in [0.29, 0.717) is 5.75 Å². The van der Waals surface area contributed by atoms with E-state index in [1.165, 1.54) is 42.7 Å². The van der Waals surface area contributed by atoms with E-state index in [-0.39, 0.29) is 18.4 Å². The van der Waals surface area contributed by atoms with Gasteiger partial charge in [0, 0.05) is 9.75 Å². The lowest BCUT2D eigenvalue weighted by Gasteiger charge is -2.14. The molecule has 1 aromatic carbocycles. The van der Waals surface area contributed by atoms with Gasteiger partial charge in [0.05, 0.1) is 7.11 Å². The minimum atomic E-state index is -0.469. The minimum absolute atomic E-state index is 0.165. The Morgan fingerprint density at radius 3 is 2.50 bits per heavy atom. The van der Waals surface area contributed by atoms with E-state index >= 15 is 0 Å². The van der Waals surface area contributed by atoms with Crippen LogP contribution in [0.1, 0.15) is 15.7 Å². The van der Waals surface area contributed by atoms with Crippen molar-refractivity contribution in [3.63, 3.8) is 0 Å². The van der Waals surface area contributed by atoms with Crippen molar-refractivity contribution in [2.24, 2.45) is 0 Å². The summed E-state index contributed by atoms with van der Waals surface area (Å²) in [6.45, 7) is 2.14. The summed E-state index contributed by atoms with van der Waals surface area (Å²) in [6.07, 6.45) is 0. The predicted molar refractivity (Wildman–Crippen MR) is 75.7 cm³/mol. The standard InChI is InChI=1S/C15H15FO3S/c1-10-3-8-14(20-10)13(15(17)18-2)9-19-12-6-4-11(16)5-7-12/h3-8,13H,9H2,1-2H3. The van der Waals surface area contributed by atoms with Crippen molar-refractivity contribution in [3.05, 3.63) is 52.0 Å². The van der Waals surface area contributed by atoms with E-state index in [2.05, 4.69) is 0 Å². The fourth-order valence-electron chi connectivity index (χ4n) is 1.76. The number of halogens is 1. The molecule has 1 unspecified atom stereocenters. The van der Waals surface area contributed by atoms with Crippen molar-refractivity contribution >= 4 is 17.3 Å². The Bertz CT molecular complexity index is 577. The van der Waals surface area contributed by atoms with Gasteiger partial charge in [-0.2, -0.15) is 0 Å². The molecule has 20 heavy (non-hydrogen) atoms. The third kappa shape index (κ3) is 3.57. The SMILES string of the molecule is COC(=O)C(COc1ccc(F)cc1)c1ccc(C)s1. The molecule has 0 radical (unpaired) electrons. The van der Waals surface area contributed by atoms with Crippen molar-refractivity contribution in [2.75, 3.05) is 13.7 Å². The Hall–Kier alpha value is -1.88. The van der Waals surface area contributed by atoms with E-state index in [1.54, 1.807) is 0 Å². The third-order valence-corrected chi connectivity index (χ3v) is 3.93. The second-order valence-corrected chi connectivity index (χ2v) is 5.61. The zero-order valence-corrected chi connectivity index (χ0v) is 12.1. The van der Waals surface area contributed by atoms with Crippen LogP contribution in [-0.2, 0) is 9.53 Å². The van der Waals surface area contributed by atoms with Gasteiger partial charge in [0.15, 0.2) is 0 Å². The molecule has 0 aliphatic heterocycles. The van der Waals surface area contributed by atoms with Crippen LogP contribution in [0.4, 0.5) is 4.39 Å². The number of hydrogen-bond donors (Lipinski definition) is 0. The van der Waals surface area contributed by atoms with Gasteiger partial charge in [0.2, 0.25) is 0 Å². The molecule has 0 aliphatic rings. The molecule has 2 rings (SSSR count). The molecule has 0 fully saturated rings. The molecule has 0 spiro atoms. The maximum atomic E-state index is 12.8. The molecule has 0 aliphatic carbocycles. The van der Waals surface area contributed by atoms with E-state index in [4.69, 9.17) is 9.47 Å². The molecule has 1 atom stereocenters. The number of rotatable bonds is 5. The smallest absolute Gasteiger partial charge is 0.317 e. The first-order chi connectivity index (χ1) is 9.60. The zero-order valence-electron chi connectivity index (χ0n) is 11.3. The molecule has 0 amide bonds. The Kier molecular flexibility index (Phi) is 4.74. The molecule has 0 saturated heterocycles. The quantitative estimate of drug-likeness (QED) is 0.791. The predicted octanol–water partition coefficient (Wildman–Crippen LogP) is 3.53. The molecule has 0 N–H and O–H groups in total. The largest absolute Gasteiger partial charge is 0.492 e. The Balaban J connectivity index is 2.08. The molecule has 3 nitrogen and oxygen atoms in total. The lowest BCUT2D eigenvalue weighted by Crippen LogP contribution is -2.20. The van der Waals surface area contributed by atoms with E-state index in [9.17, 15) is 9.18 Å². The number of thiophene rings is 1. The molecule has 2 aromatic rings. The molecule has 0 saturated carbocycles. The number of methoxy groups -OCH3 is 1. The van der Waals surface area contributed by atoms with Crippen molar-refractivity contribution in [3.8, 4) is 5.75 Å². The van der Waals surface area contributed by atoms with Crippen LogP contribution in [0.5, 0.6) is 5.75 Å². The fourth-order valence-corrected chi connectivity index (χ4v) is 2.71. The lowest BCUT2D eigenvalue weighted by atomic mass is 10.1. The molecule has 1 aromatic heterocycles. The number of hydrogen-bond acceptors (Lipinski definition) is 4. The number of aryl methyl sites for hydroxylation is 1. The summed E-state index contributed by atoms with van der Waals surface area (Å²) in [5.41, 5.74) is 0. The molecule has 5 heteroatoms. The van der Waals surface area contributed by atoms with Gasteiger partial charge < -0.3 is 9.47 Å². The molecular weight excluding hydrogens is 279 g/mol. The van der Waals surface area contributed by atoms with Gasteiger partial charge in [-0.05, 0) is 43.3 Å². The van der Waals surface area contributed by atoms with Crippen LogP contribution in [0.15, 0.2) is 36.4 Å². The number of esters is 1. The normalized spacial score (nSPS) is 11.9. The van der Waals surface area contributed by atoms with Crippen LogP contribution in [0.2, 0.25) is 0 Å². The van der Waals surface area contributed by atoms with Gasteiger partial charge in [-0.25, -0.2) is 4.39 Å². The highest BCUT2D eigenvalue weighted by atomic mass is 32.1. The molecule has 1 heterocycles. The first-order valence-corrected chi connectivity index (χ1v) is 6.94. The monoisotopic (exact) mass is 294 g/mol. The number of ether oxygens (including phenoxy) is 2. The summed E-state index contributed by atoms with van der Waals surface area (Å²) in [6, 6.07) is 9.55. The third-order valence-electron chi connectivity index (χ3n) is 2.82. The Morgan fingerprint density at radius 1 is 1.25 bits per heavy atom. The summed E-state index contributed by atoms with van der Waals surface area (Å²) in [7, 11) is 1.35. The average Bonchev–Trinajstić information content (AvgIpc) is 2.87. The van der Waals surface area contributed by atoms with Gasteiger partial charge >= 0.3 is 5.97 Å². The Morgan fingerprint density at radius 2 is 1.95 bits per heavy atom. The van der Waals surface area contributed by atoms with Crippen molar-refractivity contribution in [1.29, 1.82) is 0 Å². The number of carbonyl (C=O) groups excluding carboxylic acids is 1. The summed E-state index contributed by atoms with van der Waals surface area (Å²) >= 11 is 1.54. The van der Waals surface area contributed by atoms with Crippen molar-refractivity contribution in [2.45, 2.75) is 12.8 Å². The van der Waals surface area contributed by atoms with Gasteiger partial charge in [0.1, 0.15) is 24.1 Å². The van der Waals surface area contributed by atoms with E-state index in [0.717, 1.165) is 9.75 Å². The first kappa shape index (κ1) is 14.5. The summed E-state index contributed by atoms with van der Waals surface area (Å²) in [5, 5.41) is 0. The van der Waals surface area contributed by atoms with Crippen LogP contribution in [-0.4, -0.2) is 19.7 Å². The zero-order chi connectivity index (χ0) is 14.5. The second-order valence-electron chi connectivity index (χ2n) is 4.29. The van der Waals surface area contributed by atoms with Gasteiger partial charge in [-0.3, -0.25) is 4.79 Å². The van der Waals surface area contributed by atoms with E-state index < -0.39 is 5.92 Å². The second kappa shape index (κ2) is 6.52.